The lowest BCUT2D eigenvalue weighted by Gasteiger charge is -2.39. The van der Waals surface area contributed by atoms with E-state index in [1.54, 1.807) is 12.1 Å². The van der Waals surface area contributed by atoms with Crippen molar-refractivity contribution in [1.82, 2.24) is 19.9 Å². The van der Waals surface area contributed by atoms with E-state index in [0.717, 1.165) is 0 Å². The summed E-state index contributed by atoms with van der Waals surface area (Å²) in [5.74, 6) is 0.558. The van der Waals surface area contributed by atoms with Gasteiger partial charge in [0.05, 0.1) is 23.9 Å². The predicted octanol–water partition coefficient (Wildman–Crippen LogP) is 2.41. The Balaban J connectivity index is 1.99. The number of amides is 1. The highest BCUT2D eigenvalue weighted by Crippen LogP contribution is 2.28. The fraction of sp³-hybridized carbons (Fsp3) is 0.357. The van der Waals surface area contributed by atoms with E-state index < -0.39 is 12.1 Å². The van der Waals surface area contributed by atoms with Gasteiger partial charge in [-0.05, 0) is 23.7 Å². The molecule has 1 fully saturated rings. The van der Waals surface area contributed by atoms with Crippen LogP contribution in [0.4, 0.5) is 10.6 Å². The van der Waals surface area contributed by atoms with Crippen molar-refractivity contribution >= 4 is 46.1 Å². The third kappa shape index (κ3) is 3.13. The molecule has 2 aromatic heterocycles. The van der Waals surface area contributed by atoms with E-state index in [9.17, 15) is 9.90 Å². The molecule has 0 aromatic carbocycles. The maximum atomic E-state index is 11.3. The van der Waals surface area contributed by atoms with Crippen molar-refractivity contribution in [3.05, 3.63) is 22.6 Å². The van der Waals surface area contributed by atoms with Gasteiger partial charge in [-0.25, -0.2) is 9.78 Å². The van der Waals surface area contributed by atoms with Crippen LogP contribution in [0.2, 0.25) is 10.4 Å². The minimum absolute atomic E-state index is 0.0322. The summed E-state index contributed by atoms with van der Waals surface area (Å²) < 4.78 is 0. The molecule has 8 nitrogen and oxygen atoms in total. The maximum Gasteiger partial charge on any atom is 0.407 e. The van der Waals surface area contributed by atoms with Crippen LogP contribution in [0.1, 0.15) is 6.42 Å². The molecular formula is C14H12Cl2N6O2. The number of fused-ring (bicyclic) bond motifs is 1. The number of halogens is 2. The Hall–Kier alpha value is -2.37. The summed E-state index contributed by atoms with van der Waals surface area (Å²) in [6, 6.07) is 4.97. The number of aromatic nitrogens is 3. The number of carboxylic acid groups (broad SMARTS) is 1. The van der Waals surface area contributed by atoms with Crippen molar-refractivity contribution in [2.75, 3.05) is 24.5 Å². The Bertz CT molecular complexity index is 835. The van der Waals surface area contributed by atoms with E-state index >= 15 is 0 Å². The highest BCUT2D eigenvalue weighted by molar-refractivity contribution is 6.30. The molecule has 1 amide bonds. The Labute approximate surface area is 147 Å². The fourth-order valence-corrected chi connectivity index (χ4v) is 3.07. The Kier molecular flexibility index (Phi) is 4.55. The van der Waals surface area contributed by atoms with Crippen LogP contribution in [-0.2, 0) is 0 Å². The van der Waals surface area contributed by atoms with Gasteiger partial charge in [-0.2, -0.15) is 15.2 Å². The molecule has 0 saturated carbocycles. The third-order valence-electron chi connectivity index (χ3n) is 3.83. The van der Waals surface area contributed by atoms with Crippen LogP contribution in [0.25, 0.3) is 11.0 Å². The van der Waals surface area contributed by atoms with Gasteiger partial charge in [0.1, 0.15) is 11.0 Å². The van der Waals surface area contributed by atoms with Crippen molar-refractivity contribution in [2.45, 2.75) is 12.5 Å². The Morgan fingerprint density at radius 3 is 2.83 bits per heavy atom. The highest BCUT2D eigenvalue weighted by atomic mass is 35.5. The van der Waals surface area contributed by atoms with E-state index in [4.69, 9.17) is 28.5 Å². The zero-order valence-electron chi connectivity index (χ0n) is 12.4. The molecule has 3 heterocycles. The van der Waals surface area contributed by atoms with Gasteiger partial charge in [-0.3, -0.25) is 0 Å². The van der Waals surface area contributed by atoms with Gasteiger partial charge >= 0.3 is 6.09 Å². The second-order valence-electron chi connectivity index (χ2n) is 5.26. The van der Waals surface area contributed by atoms with Gasteiger partial charge in [0.25, 0.3) is 0 Å². The molecule has 124 valence electrons. The van der Waals surface area contributed by atoms with Crippen LogP contribution in [0.15, 0.2) is 12.1 Å². The molecule has 0 unspecified atom stereocenters. The molecular weight excluding hydrogens is 355 g/mol. The first kappa shape index (κ1) is 16.5. The van der Waals surface area contributed by atoms with Crippen molar-refractivity contribution in [1.29, 1.82) is 5.26 Å². The summed E-state index contributed by atoms with van der Waals surface area (Å²) in [5.41, 5.74) is 0.370. The number of hydrogen-bond donors (Lipinski definition) is 1. The molecule has 3 rings (SSSR count). The smallest absolute Gasteiger partial charge is 0.407 e. The van der Waals surface area contributed by atoms with Crippen molar-refractivity contribution in [2.24, 2.45) is 0 Å². The summed E-state index contributed by atoms with van der Waals surface area (Å²) in [5, 5.41) is 19.2. The van der Waals surface area contributed by atoms with Crippen LogP contribution in [0.5, 0.6) is 0 Å². The maximum absolute atomic E-state index is 11.3. The van der Waals surface area contributed by atoms with Gasteiger partial charge in [-0.15, -0.1) is 0 Å². The third-order valence-corrected chi connectivity index (χ3v) is 4.21. The van der Waals surface area contributed by atoms with Crippen LogP contribution in [0.3, 0.4) is 0 Å². The number of nitriles is 1. The van der Waals surface area contributed by atoms with Gasteiger partial charge in [0.2, 0.25) is 5.28 Å². The number of hydrogen-bond acceptors (Lipinski definition) is 6. The SMILES string of the molecule is N#CC[C@H]1CN(c2nc(Cl)nc3nc(Cl)ccc23)CCN1C(=O)O. The lowest BCUT2D eigenvalue weighted by Crippen LogP contribution is -2.55. The first-order valence-electron chi connectivity index (χ1n) is 7.11. The molecule has 0 bridgehead atoms. The molecule has 1 atom stereocenters. The van der Waals surface area contributed by atoms with Gasteiger partial charge < -0.3 is 14.9 Å². The van der Waals surface area contributed by atoms with Gasteiger partial charge in [0, 0.05) is 19.6 Å². The molecule has 0 spiro atoms. The normalized spacial score (nSPS) is 17.8. The van der Waals surface area contributed by atoms with Crippen molar-refractivity contribution in [3.8, 4) is 6.07 Å². The molecule has 2 aromatic rings. The van der Waals surface area contributed by atoms with E-state index in [1.807, 2.05) is 11.0 Å². The number of piperazine rings is 1. The van der Waals surface area contributed by atoms with E-state index in [-0.39, 0.29) is 18.2 Å². The molecule has 10 heteroatoms. The molecule has 0 aliphatic carbocycles. The number of rotatable bonds is 2. The topological polar surface area (TPSA) is 106 Å². The zero-order valence-corrected chi connectivity index (χ0v) is 13.9. The second kappa shape index (κ2) is 6.63. The minimum atomic E-state index is -1.03. The predicted molar refractivity (Wildman–Crippen MR) is 88.3 cm³/mol. The summed E-state index contributed by atoms with van der Waals surface area (Å²) in [6.07, 6.45) is -0.933. The van der Waals surface area contributed by atoms with Gasteiger partial charge in [0.15, 0.2) is 5.65 Å². The lowest BCUT2D eigenvalue weighted by atomic mass is 10.1. The highest BCUT2D eigenvalue weighted by Gasteiger charge is 2.31. The van der Waals surface area contributed by atoms with Crippen LogP contribution >= 0.6 is 23.2 Å². The summed E-state index contributed by atoms with van der Waals surface area (Å²) in [6.45, 7) is 1.04. The molecule has 24 heavy (non-hydrogen) atoms. The molecule has 0 radical (unpaired) electrons. The number of anilines is 1. The lowest BCUT2D eigenvalue weighted by molar-refractivity contribution is 0.119. The molecule has 1 aliphatic heterocycles. The first-order chi connectivity index (χ1) is 11.5. The Morgan fingerprint density at radius 1 is 1.33 bits per heavy atom. The molecule has 1 N–H and O–H groups in total. The quantitative estimate of drug-likeness (QED) is 0.642. The monoisotopic (exact) mass is 366 g/mol. The van der Waals surface area contributed by atoms with Crippen LogP contribution in [-0.4, -0.2) is 56.7 Å². The van der Waals surface area contributed by atoms with Gasteiger partial charge in [-0.1, -0.05) is 11.6 Å². The number of carbonyl (C=O) groups is 1. The second-order valence-corrected chi connectivity index (χ2v) is 5.98. The Morgan fingerprint density at radius 2 is 2.12 bits per heavy atom. The van der Waals surface area contributed by atoms with Crippen molar-refractivity contribution < 1.29 is 9.90 Å². The first-order valence-corrected chi connectivity index (χ1v) is 7.86. The van der Waals surface area contributed by atoms with E-state index in [1.165, 1.54) is 4.90 Å². The molecule has 1 saturated heterocycles. The average molecular weight is 367 g/mol. The summed E-state index contributed by atoms with van der Waals surface area (Å²) in [7, 11) is 0. The fourth-order valence-electron chi connectivity index (χ4n) is 2.77. The number of nitrogens with zero attached hydrogens (tertiary/aromatic N) is 6. The van der Waals surface area contributed by atoms with Crippen LogP contribution in [0, 0.1) is 11.3 Å². The standard InChI is InChI=1S/C14H12Cl2N6O2/c15-10-2-1-9-11(18-10)19-13(16)20-12(9)21-5-6-22(14(23)24)8(7-21)3-4-17/h1-2,8H,3,5-7H2,(H,23,24)/t8-/m0/s1. The van der Waals surface area contributed by atoms with E-state index in [2.05, 4.69) is 15.0 Å². The zero-order chi connectivity index (χ0) is 17.3. The van der Waals surface area contributed by atoms with Crippen molar-refractivity contribution in [3.63, 3.8) is 0 Å². The summed E-state index contributed by atoms with van der Waals surface area (Å²) in [4.78, 5) is 27.0. The number of pyridine rings is 1. The molecule has 1 aliphatic rings. The van der Waals surface area contributed by atoms with Crippen LogP contribution < -0.4 is 4.90 Å². The minimum Gasteiger partial charge on any atom is -0.465 e. The average Bonchev–Trinajstić information content (AvgIpc) is 2.53. The summed E-state index contributed by atoms with van der Waals surface area (Å²) >= 11 is 11.9. The largest absolute Gasteiger partial charge is 0.465 e. The van der Waals surface area contributed by atoms with E-state index in [0.29, 0.717) is 35.1 Å².